The third-order valence-electron chi connectivity index (χ3n) is 3.86. The van der Waals surface area contributed by atoms with E-state index in [0.717, 1.165) is 38.8 Å². The minimum Gasteiger partial charge on any atom is -0.340 e. The molecule has 2 fully saturated rings. The Morgan fingerprint density at radius 1 is 1.19 bits per heavy atom. The van der Waals surface area contributed by atoms with Gasteiger partial charge in [0.1, 0.15) is 0 Å². The minimum atomic E-state index is 0.343. The predicted octanol–water partition coefficient (Wildman–Crippen LogP) is 1.69. The number of hydrogen-bond donors (Lipinski definition) is 0. The summed E-state index contributed by atoms with van der Waals surface area (Å²) < 4.78 is 0. The van der Waals surface area contributed by atoms with Crippen molar-refractivity contribution in [1.82, 2.24) is 9.80 Å². The number of likely N-dealkylation sites (tertiary alicyclic amines) is 2. The van der Waals surface area contributed by atoms with E-state index in [9.17, 15) is 4.79 Å². The second kappa shape index (κ2) is 5.67. The van der Waals surface area contributed by atoms with Crippen LogP contribution in [0.15, 0.2) is 0 Å². The van der Waals surface area contributed by atoms with Crippen LogP contribution in [0.4, 0.5) is 0 Å². The molecule has 2 rings (SSSR count). The Labute approximate surface area is 98.8 Å². The van der Waals surface area contributed by atoms with Gasteiger partial charge in [-0.25, -0.2) is 0 Å². The zero-order valence-electron chi connectivity index (χ0n) is 10.2. The molecule has 2 heterocycles. The fourth-order valence-corrected chi connectivity index (χ4v) is 2.85. The van der Waals surface area contributed by atoms with Gasteiger partial charge in [-0.05, 0) is 45.2 Å². The number of carbonyl (C=O) groups is 1. The van der Waals surface area contributed by atoms with Crippen molar-refractivity contribution in [3.05, 3.63) is 6.92 Å². The van der Waals surface area contributed by atoms with Gasteiger partial charge in [-0.1, -0.05) is 6.92 Å². The molecule has 2 aliphatic rings. The first-order chi connectivity index (χ1) is 7.81. The van der Waals surface area contributed by atoms with Gasteiger partial charge in [0.15, 0.2) is 0 Å². The van der Waals surface area contributed by atoms with Crippen molar-refractivity contribution >= 4 is 5.91 Å². The molecule has 0 spiro atoms. The SMILES string of the molecule is [CH2]CC(CCN1CCCC1)N1CCCC1=O. The van der Waals surface area contributed by atoms with Crippen molar-refractivity contribution in [1.29, 1.82) is 0 Å². The van der Waals surface area contributed by atoms with E-state index in [4.69, 9.17) is 0 Å². The van der Waals surface area contributed by atoms with Crippen LogP contribution in [-0.2, 0) is 4.79 Å². The van der Waals surface area contributed by atoms with Crippen molar-refractivity contribution in [2.45, 2.75) is 44.6 Å². The second-order valence-corrected chi connectivity index (χ2v) is 4.97. The zero-order valence-corrected chi connectivity index (χ0v) is 10.2. The average molecular weight is 223 g/mol. The van der Waals surface area contributed by atoms with E-state index in [1.165, 1.54) is 25.9 Å². The van der Waals surface area contributed by atoms with E-state index in [0.29, 0.717) is 11.9 Å². The Morgan fingerprint density at radius 3 is 2.50 bits per heavy atom. The van der Waals surface area contributed by atoms with Crippen LogP contribution < -0.4 is 0 Å². The summed E-state index contributed by atoms with van der Waals surface area (Å²) >= 11 is 0. The Balaban J connectivity index is 1.78. The summed E-state index contributed by atoms with van der Waals surface area (Å²) in [6, 6.07) is 0.385. The van der Waals surface area contributed by atoms with E-state index in [2.05, 4.69) is 16.7 Å². The Bertz CT molecular complexity index is 236. The molecule has 1 atom stereocenters. The average Bonchev–Trinajstić information content (AvgIpc) is 2.92. The molecule has 0 bridgehead atoms. The highest BCUT2D eigenvalue weighted by Gasteiger charge is 2.27. The van der Waals surface area contributed by atoms with Gasteiger partial charge in [-0.3, -0.25) is 4.79 Å². The van der Waals surface area contributed by atoms with Gasteiger partial charge >= 0.3 is 0 Å². The molecule has 3 heteroatoms. The lowest BCUT2D eigenvalue weighted by atomic mass is 10.1. The molecule has 0 aromatic carbocycles. The standard InChI is InChI=1S/C13H23N2O/c1-2-12(15-10-5-6-13(15)16)7-11-14-8-3-4-9-14/h12H,1-11H2. The summed E-state index contributed by atoms with van der Waals surface area (Å²) in [5.74, 6) is 0.343. The maximum Gasteiger partial charge on any atom is 0.222 e. The monoisotopic (exact) mass is 223 g/mol. The van der Waals surface area contributed by atoms with Crippen LogP contribution in [0.25, 0.3) is 0 Å². The maximum absolute atomic E-state index is 11.7. The van der Waals surface area contributed by atoms with Crippen LogP contribution in [0.2, 0.25) is 0 Å². The van der Waals surface area contributed by atoms with Crippen LogP contribution >= 0.6 is 0 Å². The van der Waals surface area contributed by atoms with Crippen molar-refractivity contribution < 1.29 is 4.79 Å². The minimum absolute atomic E-state index is 0.343. The van der Waals surface area contributed by atoms with Gasteiger partial charge < -0.3 is 9.80 Å². The van der Waals surface area contributed by atoms with Crippen LogP contribution in [0.5, 0.6) is 0 Å². The summed E-state index contributed by atoms with van der Waals surface area (Å²) in [6.45, 7) is 8.59. The summed E-state index contributed by atoms with van der Waals surface area (Å²) in [4.78, 5) is 16.2. The van der Waals surface area contributed by atoms with Gasteiger partial charge in [0, 0.05) is 25.6 Å². The Morgan fingerprint density at radius 2 is 1.94 bits per heavy atom. The van der Waals surface area contributed by atoms with Crippen molar-refractivity contribution in [2.24, 2.45) is 0 Å². The third-order valence-corrected chi connectivity index (χ3v) is 3.86. The molecule has 0 aromatic rings. The molecule has 0 saturated carbocycles. The number of hydrogen-bond acceptors (Lipinski definition) is 2. The molecule has 1 radical (unpaired) electrons. The summed E-state index contributed by atoms with van der Waals surface area (Å²) in [7, 11) is 0. The summed E-state index contributed by atoms with van der Waals surface area (Å²) in [6.07, 6.45) is 6.45. The van der Waals surface area contributed by atoms with E-state index in [1.54, 1.807) is 0 Å². The zero-order chi connectivity index (χ0) is 11.4. The highest BCUT2D eigenvalue weighted by atomic mass is 16.2. The highest BCUT2D eigenvalue weighted by Crippen LogP contribution is 2.19. The molecule has 2 saturated heterocycles. The lowest BCUT2D eigenvalue weighted by molar-refractivity contribution is -0.129. The van der Waals surface area contributed by atoms with Gasteiger partial charge in [-0.15, -0.1) is 0 Å². The fourth-order valence-electron chi connectivity index (χ4n) is 2.85. The molecule has 0 aromatic heterocycles. The maximum atomic E-state index is 11.7. The summed E-state index contributed by atoms with van der Waals surface area (Å²) in [5, 5.41) is 0. The quantitative estimate of drug-likeness (QED) is 0.708. The molecular formula is C13H23N2O. The molecule has 16 heavy (non-hydrogen) atoms. The lowest BCUT2D eigenvalue weighted by Gasteiger charge is -2.28. The number of rotatable bonds is 5. The van der Waals surface area contributed by atoms with Crippen LogP contribution in [0, 0.1) is 6.92 Å². The largest absolute Gasteiger partial charge is 0.340 e. The molecular weight excluding hydrogens is 200 g/mol. The highest BCUT2D eigenvalue weighted by molar-refractivity contribution is 5.78. The van der Waals surface area contributed by atoms with E-state index in [1.807, 2.05) is 0 Å². The van der Waals surface area contributed by atoms with Crippen LogP contribution in [-0.4, -0.2) is 47.9 Å². The topological polar surface area (TPSA) is 23.6 Å². The second-order valence-electron chi connectivity index (χ2n) is 4.97. The molecule has 1 amide bonds. The first-order valence-electron chi connectivity index (χ1n) is 6.62. The number of nitrogens with zero attached hydrogens (tertiary/aromatic N) is 2. The van der Waals surface area contributed by atoms with Gasteiger partial charge in [-0.2, -0.15) is 0 Å². The molecule has 2 aliphatic heterocycles. The first-order valence-corrected chi connectivity index (χ1v) is 6.62. The Hall–Kier alpha value is -0.570. The third kappa shape index (κ3) is 2.76. The van der Waals surface area contributed by atoms with Gasteiger partial charge in [0.25, 0.3) is 0 Å². The van der Waals surface area contributed by atoms with Crippen molar-refractivity contribution in [3.8, 4) is 0 Å². The Kier molecular flexibility index (Phi) is 4.22. The number of amides is 1. The molecule has 91 valence electrons. The fraction of sp³-hybridized carbons (Fsp3) is 0.846. The smallest absolute Gasteiger partial charge is 0.222 e. The van der Waals surface area contributed by atoms with E-state index in [-0.39, 0.29) is 0 Å². The van der Waals surface area contributed by atoms with Crippen LogP contribution in [0.1, 0.15) is 38.5 Å². The predicted molar refractivity (Wildman–Crippen MR) is 65.0 cm³/mol. The molecule has 0 aliphatic carbocycles. The van der Waals surface area contributed by atoms with Crippen molar-refractivity contribution in [2.75, 3.05) is 26.2 Å². The van der Waals surface area contributed by atoms with E-state index >= 15 is 0 Å². The van der Waals surface area contributed by atoms with E-state index < -0.39 is 0 Å². The number of carbonyl (C=O) groups excluding carboxylic acids is 1. The lowest BCUT2D eigenvalue weighted by Crippen LogP contribution is -2.38. The van der Waals surface area contributed by atoms with Crippen molar-refractivity contribution in [3.63, 3.8) is 0 Å². The normalized spacial score (nSPS) is 24.3. The molecule has 0 N–H and O–H groups in total. The summed E-state index contributed by atoms with van der Waals surface area (Å²) in [5.41, 5.74) is 0. The van der Waals surface area contributed by atoms with Gasteiger partial charge in [0.05, 0.1) is 0 Å². The van der Waals surface area contributed by atoms with Gasteiger partial charge in [0.2, 0.25) is 5.91 Å². The first kappa shape index (κ1) is 11.9. The van der Waals surface area contributed by atoms with Crippen LogP contribution in [0.3, 0.4) is 0 Å². The molecule has 3 nitrogen and oxygen atoms in total. The molecule has 1 unspecified atom stereocenters.